The molecular formula is C17H12F2N2OS. The molecule has 0 saturated carbocycles. The Morgan fingerprint density at radius 2 is 1.78 bits per heavy atom. The number of aryl methyl sites for hydroxylation is 1. The third kappa shape index (κ3) is 3.12. The number of amides is 1. The average molecular weight is 330 g/mol. The minimum absolute atomic E-state index is 0.275. The van der Waals surface area contributed by atoms with Crippen molar-refractivity contribution in [2.45, 2.75) is 6.92 Å². The second kappa shape index (κ2) is 6.26. The number of hydrogen-bond acceptors (Lipinski definition) is 2. The largest absolute Gasteiger partial charge is 0.287 e. The van der Waals surface area contributed by atoms with E-state index in [1.165, 1.54) is 41.7 Å². The Kier molecular flexibility index (Phi) is 4.16. The van der Waals surface area contributed by atoms with Crippen LogP contribution in [0.15, 0.2) is 58.9 Å². The molecular weight excluding hydrogens is 318 g/mol. The minimum atomic E-state index is -0.503. The predicted octanol–water partition coefficient (Wildman–Crippen LogP) is 3.87. The maximum absolute atomic E-state index is 14.0. The molecule has 0 N–H and O–H groups in total. The van der Waals surface area contributed by atoms with E-state index in [4.69, 9.17) is 0 Å². The lowest BCUT2D eigenvalue weighted by Crippen LogP contribution is -2.17. The molecule has 0 fully saturated rings. The quantitative estimate of drug-likeness (QED) is 0.702. The number of halogens is 2. The van der Waals surface area contributed by atoms with Crippen LogP contribution in [0.2, 0.25) is 0 Å². The van der Waals surface area contributed by atoms with Gasteiger partial charge in [-0.05, 0) is 43.3 Å². The van der Waals surface area contributed by atoms with Gasteiger partial charge in [-0.15, -0.1) is 11.3 Å². The number of thiazole rings is 1. The molecule has 116 valence electrons. The van der Waals surface area contributed by atoms with Crippen LogP contribution in [-0.2, 0) is 0 Å². The summed E-state index contributed by atoms with van der Waals surface area (Å²) in [6.07, 6.45) is 0. The highest BCUT2D eigenvalue weighted by Gasteiger charge is 2.11. The van der Waals surface area contributed by atoms with Gasteiger partial charge in [0.1, 0.15) is 11.6 Å². The molecule has 0 aliphatic carbocycles. The first kappa shape index (κ1) is 15.3. The summed E-state index contributed by atoms with van der Waals surface area (Å²) in [5.74, 6) is -1.32. The van der Waals surface area contributed by atoms with Crippen LogP contribution < -0.4 is 4.80 Å². The number of hydrogen-bond donors (Lipinski definition) is 0. The van der Waals surface area contributed by atoms with Crippen molar-refractivity contribution >= 4 is 17.2 Å². The first-order valence-corrected chi connectivity index (χ1v) is 7.71. The van der Waals surface area contributed by atoms with E-state index in [0.29, 0.717) is 10.5 Å². The van der Waals surface area contributed by atoms with Gasteiger partial charge in [-0.1, -0.05) is 12.1 Å². The Morgan fingerprint density at radius 1 is 1.09 bits per heavy atom. The summed E-state index contributed by atoms with van der Waals surface area (Å²) >= 11 is 1.24. The lowest BCUT2D eigenvalue weighted by molar-refractivity contribution is 0.0998. The van der Waals surface area contributed by atoms with Gasteiger partial charge in [0.2, 0.25) is 0 Å². The summed E-state index contributed by atoms with van der Waals surface area (Å²) in [6, 6.07) is 11.4. The number of carbonyl (C=O) groups excluding carboxylic acids is 1. The highest BCUT2D eigenvalue weighted by Crippen LogP contribution is 2.15. The lowest BCUT2D eigenvalue weighted by Gasteiger charge is -2.06. The molecule has 3 rings (SSSR count). The second-order valence-corrected chi connectivity index (χ2v) is 5.71. The Balaban J connectivity index is 2.09. The summed E-state index contributed by atoms with van der Waals surface area (Å²) < 4.78 is 28.5. The van der Waals surface area contributed by atoms with Gasteiger partial charge in [0, 0.05) is 16.6 Å². The average Bonchev–Trinajstić information content (AvgIpc) is 2.89. The molecule has 0 saturated heterocycles. The number of rotatable bonds is 2. The van der Waals surface area contributed by atoms with Crippen LogP contribution in [-0.4, -0.2) is 10.5 Å². The number of aromatic nitrogens is 1. The monoisotopic (exact) mass is 330 g/mol. The second-order valence-electron chi connectivity index (χ2n) is 4.87. The molecule has 0 bridgehead atoms. The van der Waals surface area contributed by atoms with Gasteiger partial charge in [0.05, 0.1) is 5.69 Å². The third-order valence-electron chi connectivity index (χ3n) is 3.26. The summed E-state index contributed by atoms with van der Waals surface area (Å²) in [7, 11) is 0. The summed E-state index contributed by atoms with van der Waals surface area (Å²) in [5, 5.41) is 1.79. The van der Waals surface area contributed by atoms with Gasteiger partial charge in [0.15, 0.2) is 4.80 Å². The molecule has 6 heteroatoms. The van der Waals surface area contributed by atoms with Gasteiger partial charge in [-0.3, -0.25) is 9.36 Å². The third-order valence-corrected chi connectivity index (χ3v) is 4.20. The van der Waals surface area contributed by atoms with Gasteiger partial charge in [-0.25, -0.2) is 8.78 Å². The molecule has 2 aromatic carbocycles. The van der Waals surface area contributed by atoms with Crippen molar-refractivity contribution in [1.82, 2.24) is 4.57 Å². The molecule has 0 spiro atoms. The van der Waals surface area contributed by atoms with E-state index in [9.17, 15) is 13.6 Å². The van der Waals surface area contributed by atoms with E-state index >= 15 is 0 Å². The van der Waals surface area contributed by atoms with E-state index in [0.717, 1.165) is 5.69 Å². The molecule has 1 heterocycles. The molecule has 0 atom stereocenters. The zero-order chi connectivity index (χ0) is 16.4. The van der Waals surface area contributed by atoms with Crippen molar-refractivity contribution in [2.75, 3.05) is 0 Å². The van der Waals surface area contributed by atoms with Gasteiger partial charge in [-0.2, -0.15) is 4.99 Å². The first-order chi connectivity index (χ1) is 11.1. The normalized spacial score (nSPS) is 11.7. The van der Waals surface area contributed by atoms with Crippen LogP contribution in [0.4, 0.5) is 8.78 Å². The number of para-hydroxylation sites is 1. The van der Waals surface area contributed by atoms with Gasteiger partial charge >= 0.3 is 0 Å². The molecule has 1 aromatic heterocycles. The summed E-state index contributed by atoms with van der Waals surface area (Å²) in [5.41, 5.74) is 1.38. The van der Waals surface area contributed by atoms with Crippen LogP contribution in [0.5, 0.6) is 0 Å². The molecule has 0 aliphatic heterocycles. The maximum Gasteiger partial charge on any atom is 0.279 e. The number of carbonyl (C=O) groups is 1. The number of nitrogens with zero attached hydrogens (tertiary/aromatic N) is 2. The smallest absolute Gasteiger partial charge is 0.279 e. The van der Waals surface area contributed by atoms with Crippen molar-refractivity contribution in [3.8, 4) is 5.69 Å². The standard InChI is InChI=1S/C17H12F2N2OS/c1-11-10-23-17(21(11)15-5-3-2-4-14(15)19)20-16(22)12-6-8-13(18)9-7-12/h2-10H,1H3. The van der Waals surface area contributed by atoms with E-state index < -0.39 is 17.5 Å². The molecule has 0 aliphatic rings. The highest BCUT2D eigenvalue weighted by atomic mass is 32.1. The lowest BCUT2D eigenvalue weighted by atomic mass is 10.2. The molecule has 3 aromatic rings. The van der Waals surface area contributed by atoms with Crippen LogP contribution in [0, 0.1) is 18.6 Å². The zero-order valence-corrected chi connectivity index (χ0v) is 13.0. The zero-order valence-electron chi connectivity index (χ0n) is 12.2. The van der Waals surface area contributed by atoms with E-state index in [-0.39, 0.29) is 5.56 Å². The number of benzene rings is 2. The first-order valence-electron chi connectivity index (χ1n) is 6.83. The SMILES string of the molecule is Cc1csc(=NC(=O)c2ccc(F)cc2)n1-c1ccccc1F. The van der Waals surface area contributed by atoms with E-state index in [1.807, 2.05) is 6.92 Å². The molecule has 0 unspecified atom stereocenters. The molecule has 23 heavy (non-hydrogen) atoms. The van der Waals surface area contributed by atoms with E-state index in [2.05, 4.69) is 4.99 Å². The van der Waals surface area contributed by atoms with Crippen LogP contribution in [0.25, 0.3) is 5.69 Å². The van der Waals surface area contributed by atoms with Crippen molar-refractivity contribution in [3.05, 3.63) is 81.6 Å². The van der Waals surface area contributed by atoms with Crippen molar-refractivity contribution in [1.29, 1.82) is 0 Å². The van der Waals surface area contributed by atoms with Crippen LogP contribution in [0.1, 0.15) is 16.1 Å². The summed E-state index contributed by atoms with van der Waals surface area (Å²) in [4.78, 5) is 16.6. The molecule has 3 nitrogen and oxygen atoms in total. The predicted molar refractivity (Wildman–Crippen MR) is 84.6 cm³/mol. The Bertz CT molecular complexity index is 926. The Morgan fingerprint density at radius 3 is 2.48 bits per heavy atom. The summed E-state index contributed by atoms with van der Waals surface area (Å²) in [6.45, 7) is 1.81. The fourth-order valence-corrected chi connectivity index (χ4v) is 3.01. The fourth-order valence-electron chi connectivity index (χ4n) is 2.14. The van der Waals surface area contributed by atoms with Crippen molar-refractivity contribution in [3.63, 3.8) is 0 Å². The van der Waals surface area contributed by atoms with Gasteiger partial charge in [0.25, 0.3) is 5.91 Å². The van der Waals surface area contributed by atoms with Crippen molar-refractivity contribution in [2.24, 2.45) is 4.99 Å². The van der Waals surface area contributed by atoms with Crippen LogP contribution in [0.3, 0.4) is 0 Å². The minimum Gasteiger partial charge on any atom is -0.287 e. The van der Waals surface area contributed by atoms with Gasteiger partial charge < -0.3 is 0 Å². The Labute approximate surface area is 135 Å². The molecule has 1 amide bonds. The Hall–Kier alpha value is -2.60. The highest BCUT2D eigenvalue weighted by molar-refractivity contribution is 7.07. The van der Waals surface area contributed by atoms with E-state index in [1.54, 1.807) is 28.1 Å². The van der Waals surface area contributed by atoms with Crippen LogP contribution >= 0.6 is 11.3 Å². The van der Waals surface area contributed by atoms with Crippen molar-refractivity contribution < 1.29 is 13.6 Å². The fraction of sp³-hybridized carbons (Fsp3) is 0.0588. The maximum atomic E-state index is 14.0. The topological polar surface area (TPSA) is 34.4 Å². The molecule has 0 radical (unpaired) electrons.